The van der Waals surface area contributed by atoms with Gasteiger partial charge in [0.1, 0.15) is 0 Å². The number of ether oxygens (including phenoxy) is 1. The molecular weight excluding hydrogens is 302 g/mol. The van der Waals surface area contributed by atoms with E-state index in [1.165, 1.54) is 0 Å². The molecule has 0 radical (unpaired) electrons. The predicted molar refractivity (Wildman–Crippen MR) is 92.2 cm³/mol. The molecule has 0 saturated heterocycles. The summed E-state index contributed by atoms with van der Waals surface area (Å²) in [5.74, 6) is -0.389. The molecule has 2 heterocycles. The molecule has 0 unspecified atom stereocenters. The van der Waals surface area contributed by atoms with Gasteiger partial charge < -0.3 is 4.74 Å². The normalized spacial score (nSPS) is 10.6. The van der Waals surface area contributed by atoms with Crippen LogP contribution in [0.15, 0.2) is 48.8 Å². The Balaban J connectivity index is 2.16. The molecule has 0 saturated carbocycles. The van der Waals surface area contributed by atoms with E-state index in [2.05, 4.69) is 16.1 Å². The lowest BCUT2D eigenvalue weighted by molar-refractivity contribution is 0.0515. The van der Waals surface area contributed by atoms with Gasteiger partial charge in [-0.25, -0.2) is 9.48 Å². The first-order valence-electron chi connectivity index (χ1n) is 7.85. The highest BCUT2D eigenvalue weighted by Crippen LogP contribution is 2.23. The molecule has 0 atom stereocenters. The monoisotopic (exact) mass is 321 g/mol. The molecule has 0 aliphatic carbocycles. The highest BCUT2D eigenvalue weighted by atomic mass is 16.5. The first-order chi connectivity index (χ1) is 11.6. The van der Waals surface area contributed by atoms with Gasteiger partial charge in [0.05, 0.1) is 18.0 Å². The van der Waals surface area contributed by atoms with E-state index >= 15 is 0 Å². The molecule has 0 spiro atoms. The highest BCUT2D eigenvalue weighted by Gasteiger charge is 2.19. The maximum absolute atomic E-state index is 12.4. The van der Waals surface area contributed by atoms with E-state index in [-0.39, 0.29) is 5.97 Å². The number of hydrogen-bond donors (Lipinski definition) is 0. The van der Waals surface area contributed by atoms with Crippen LogP contribution in [-0.2, 0) is 4.74 Å². The summed E-state index contributed by atoms with van der Waals surface area (Å²) in [5, 5.41) is 4.62. The number of carbonyl (C=O) groups is 1. The summed E-state index contributed by atoms with van der Waals surface area (Å²) < 4.78 is 6.84. The number of rotatable bonds is 4. The van der Waals surface area contributed by atoms with Crippen LogP contribution in [0.5, 0.6) is 0 Å². The first kappa shape index (κ1) is 15.9. The van der Waals surface area contributed by atoms with E-state index < -0.39 is 0 Å². The van der Waals surface area contributed by atoms with Crippen LogP contribution in [0.3, 0.4) is 0 Å². The van der Waals surface area contributed by atoms with E-state index in [1.807, 2.05) is 38.1 Å². The van der Waals surface area contributed by atoms with Gasteiger partial charge in [-0.15, -0.1) is 0 Å². The van der Waals surface area contributed by atoms with Gasteiger partial charge in [0.15, 0.2) is 5.69 Å². The smallest absolute Gasteiger partial charge is 0.357 e. The van der Waals surface area contributed by atoms with Crippen LogP contribution in [0, 0.1) is 13.8 Å². The molecule has 0 aliphatic heterocycles. The molecule has 3 rings (SSSR count). The van der Waals surface area contributed by atoms with Crippen molar-refractivity contribution in [3.63, 3.8) is 0 Å². The molecule has 24 heavy (non-hydrogen) atoms. The molecule has 122 valence electrons. The summed E-state index contributed by atoms with van der Waals surface area (Å²) in [6.07, 6.45) is 3.43. The minimum Gasteiger partial charge on any atom is -0.461 e. The predicted octanol–water partition coefficient (Wildman–Crippen LogP) is 3.73. The summed E-state index contributed by atoms with van der Waals surface area (Å²) in [6.45, 7) is 6.15. The fourth-order valence-electron chi connectivity index (χ4n) is 2.61. The fraction of sp³-hybridized carbons (Fsp3) is 0.211. The van der Waals surface area contributed by atoms with Gasteiger partial charge in [0.25, 0.3) is 0 Å². The molecule has 0 aliphatic rings. The molecule has 0 fully saturated rings. The number of benzene rings is 1. The lowest BCUT2D eigenvalue weighted by Gasteiger charge is -2.10. The number of carbonyl (C=O) groups excluding carboxylic acids is 1. The fourth-order valence-corrected chi connectivity index (χ4v) is 2.61. The minimum atomic E-state index is -0.389. The van der Waals surface area contributed by atoms with Crippen molar-refractivity contribution in [1.29, 1.82) is 0 Å². The standard InChI is InChI=1S/C19H19N3O2/c1-4-24-19(23)18-11-16(15-6-5-9-20-12-15)21-22(18)17-8-7-13(2)10-14(17)3/h5-12H,4H2,1-3H3. The molecule has 2 aromatic heterocycles. The summed E-state index contributed by atoms with van der Waals surface area (Å²) >= 11 is 0. The van der Waals surface area contributed by atoms with Crippen LogP contribution < -0.4 is 0 Å². The summed E-state index contributed by atoms with van der Waals surface area (Å²) in [4.78, 5) is 16.5. The molecule has 5 heteroatoms. The number of pyridine rings is 1. The molecule has 5 nitrogen and oxygen atoms in total. The third kappa shape index (κ3) is 3.06. The van der Waals surface area contributed by atoms with Crippen molar-refractivity contribution in [2.24, 2.45) is 0 Å². The van der Waals surface area contributed by atoms with Gasteiger partial charge >= 0.3 is 5.97 Å². The van der Waals surface area contributed by atoms with Gasteiger partial charge in [-0.05, 0) is 50.6 Å². The number of aromatic nitrogens is 3. The molecule has 3 aromatic rings. The molecular formula is C19H19N3O2. The van der Waals surface area contributed by atoms with Crippen molar-refractivity contribution in [2.75, 3.05) is 6.61 Å². The molecule has 0 bridgehead atoms. The maximum atomic E-state index is 12.4. The van der Waals surface area contributed by atoms with Crippen LogP contribution in [0.1, 0.15) is 28.5 Å². The van der Waals surface area contributed by atoms with Crippen LogP contribution in [0.25, 0.3) is 16.9 Å². The summed E-state index contributed by atoms with van der Waals surface area (Å²) in [7, 11) is 0. The largest absolute Gasteiger partial charge is 0.461 e. The van der Waals surface area contributed by atoms with Crippen LogP contribution in [0.4, 0.5) is 0 Å². The lowest BCUT2D eigenvalue weighted by atomic mass is 10.1. The van der Waals surface area contributed by atoms with Crippen molar-refractivity contribution in [1.82, 2.24) is 14.8 Å². The second-order valence-corrected chi connectivity index (χ2v) is 5.58. The Labute approximate surface area is 140 Å². The van der Waals surface area contributed by atoms with Crippen molar-refractivity contribution in [3.8, 4) is 16.9 Å². The second kappa shape index (κ2) is 6.66. The van der Waals surface area contributed by atoms with E-state index in [4.69, 9.17) is 4.74 Å². The van der Waals surface area contributed by atoms with Crippen LogP contribution in [0.2, 0.25) is 0 Å². The lowest BCUT2D eigenvalue weighted by Crippen LogP contribution is -2.12. The van der Waals surface area contributed by atoms with Crippen molar-refractivity contribution < 1.29 is 9.53 Å². The summed E-state index contributed by atoms with van der Waals surface area (Å²) in [5.41, 5.74) is 5.01. The molecule has 0 N–H and O–H groups in total. The van der Waals surface area contributed by atoms with Crippen molar-refractivity contribution >= 4 is 5.97 Å². The third-order valence-electron chi connectivity index (χ3n) is 3.73. The van der Waals surface area contributed by atoms with E-state index in [0.717, 1.165) is 22.4 Å². The SMILES string of the molecule is CCOC(=O)c1cc(-c2cccnc2)nn1-c1ccc(C)cc1C. The van der Waals surface area contributed by atoms with Crippen LogP contribution in [-0.4, -0.2) is 27.3 Å². The number of aryl methyl sites for hydroxylation is 2. The number of hydrogen-bond acceptors (Lipinski definition) is 4. The van der Waals surface area contributed by atoms with Gasteiger partial charge in [0, 0.05) is 18.0 Å². The van der Waals surface area contributed by atoms with E-state index in [1.54, 1.807) is 30.1 Å². The Morgan fingerprint density at radius 3 is 2.71 bits per heavy atom. The Kier molecular flexibility index (Phi) is 4.42. The minimum absolute atomic E-state index is 0.319. The number of esters is 1. The first-order valence-corrected chi connectivity index (χ1v) is 7.85. The van der Waals surface area contributed by atoms with Gasteiger partial charge in [-0.3, -0.25) is 4.98 Å². The van der Waals surface area contributed by atoms with E-state index in [0.29, 0.717) is 18.0 Å². The second-order valence-electron chi connectivity index (χ2n) is 5.58. The van der Waals surface area contributed by atoms with Gasteiger partial charge in [0.2, 0.25) is 0 Å². The highest BCUT2D eigenvalue weighted by molar-refractivity contribution is 5.90. The average molecular weight is 321 g/mol. The number of nitrogens with zero attached hydrogens (tertiary/aromatic N) is 3. The Morgan fingerprint density at radius 1 is 1.21 bits per heavy atom. The zero-order chi connectivity index (χ0) is 17.1. The third-order valence-corrected chi connectivity index (χ3v) is 3.73. The molecule has 1 aromatic carbocycles. The quantitative estimate of drug-likeness (QED) is 0.687. The Hall–Kier alpha value is -2.95. The molecule has 0 amide bonds. The zero-order valence-corrected chi connectivity index (χ0v) is 14.0. The zero-order valence-electron chi connectivity index (χ0n) is 14.0. The Bertz CT molecular complexity index is 870. The Morgan fingerprint density at radius 2 is 2.04 bits per heavy atom. The topological polar surface area (TPSA) is 57.0 Å². The average Bonchev–Trinajstić information content (AvgIpc) is 3.01. The van der Waals surface area contributed by atoms with Gasteiger partial charge in [-0.1, -0.05) is 17.7 Å². The van der Waals surface area contributed by atoms with E-state index in [9.17, 15) is 4.79 Å². The van der Waals surface area contributed by atoms with Crippen molar-refractivity contribution in [2.45, 2.75) is 20.8 Å². The van der Waals surface area contributed by atoms with Crippen LogP contribution >= 0.6 is 0 Å². The maximum Gasteiger partial charge on any atom is 0.357 e. The summed E-state index contributed by atoms with van der Waals surface area (Å²) in [6, 6.07) is 11.5. The van der Waals surface area contributed by atoms with Crippen molar-refractivity contribution in [3.05, 3.63) is 65.6 Å². The van der Waals surface area contributed by atoms with Gasteiger partial charge in [-0.2, -0.15) is 5.10 Å².